The van der Waals surface area contributed by atoms with E-state index < -0.39 is 12.0 Å². The van der Waals surface area contributed by atoms with Crippen LogP contribution in [0.5, 0.6) is 0 Å². The van der Waals surface area contributed by atoms with Crippen LogP contribution in [-0.2, 0) is 11.3 Å². The van der Waals surface area contributed by atoms with Crippen LogP contribution in [-0.4, -0.2) is 28.6 Å². The molecule has 1 atom stereocenters. The van der Waals surface area contributed by atoms with Crippen molar-refractivity contribution in [1.82, 2.24) is 4.90 Å². The van der Waals surface area contributed by atoms with E-state index in [1.54, 1.807) is 13.0 Å². The van der Waals surface area contributed by atoms with Crippen molar-refractivity contribution >= 4 is 5.97 Å². The van der Waals surface area contributed by atoms with Gasteiger partial charge in [-0.1, -0.05) is 12.1 Å². The predicted octanol–water partition coefficient (Wildman–Crippen LogP) is 3.44. The molecule has 1 saturated heterocycles. The first-order chi connectivity index (χ1) is 10.6. The van der Waals surface area contributed by atoms with Gasteiger partial charge in [-0.05, 0) is 50.1 Å². The summed E-state index contributed by atoms with van der Waals surface area (Å²) in [4.78, 5) is 13.1. The van der Waals surface area contributed by atoms with Gasteiger partial charge in [0.2, 0.25) is 0 Å². The molecule has 5 heteroatoms. The van der Waals surface area contributed by atoms with E-state index in [-0.39, 0.29) is 5.82 Å². The van der Waals surface area contributed by atoms with Crippen molar-refractivity contribution < 1.29 is 18.7 Å². The summed E-state index contributed by atoms with van der Waals surface area (Å²) in [6.45, 7) is 2.94. The Balaban J connectivity index is 1.79. The van der Waals surface area contributed by atoms with Crippen LogP contribution >= 0.6 is 0 Å². The van der Waals surface area contributed by atoms with Gasteiger partial charge in [-0.2, -0.15) is 0 Å². The van der Waals surface area contributed by atoms with Crippen LogP contribution in [0.1, 0.15) is 24.2 Å². The minimum Gasteiger partial charge on any atom is -0.480 e. The first-order valence-electron chi connectivity index (χ1n) is 7.37. The Kier molecular flexibility index (Phi) is 3.98. The van der Waals surface area contributed by atoms with Gasteiger partial charge >= 0.3 is 5.97 Å². The number of benzene rings is 1. The van der Waals surface area contributed by atoms with E-state index in [9.17, 15) is 14.3 Å². The molecule has 0 radical (unpaired) electrons. The topological polar surface area (TPSA) is 53.7 Å². The number of furan rings is 1. The van der Waals surface area contributed by atoms with Crippen LogP contribution in [0.3, 0.4) is 0 Å². The second-order valence-electron chi connectivity index (χ2n) is 5.65. The molecule has 22 heavy (non-hydrogen) atoms. The van der Waals surface area contributed by atoms with Gasteiger partial charge in [-0.15, -0.1) is 0 Å². The summed E-state index contributed by atoms with van der Waals surface area (Å²) in [5.41, 5.74) is 1.27. The monoisotopic (exact) mass is 303 g/mol. The highest BCUT2D eigenvalue weighted by Gasteiger charge is 2.30. The zero-order valence-electron chi connectivity index (χ0n) is 12.4. The summed E-state index contributed by atoms with van der Waals surface area (Å²) in [7, 11) is 0. The van der Waals surface area contributed by atoms with Crippen molar-refractivity contribution in [2.45, 2.75) is 32.4 Å². The highest BCUT2D eigenvalue weighted by atomic mass is 19.1. The molecule has 1 N–H and O–H groups in total. The minimum atomic E-state index is -0.787. The van der Waals surface area contributed by atoms with Crippen molar-refractivity contribution in [3.8, 4) is 11.3 Å². The molecule has 1 aliphatic rings. The molecule has 3 rings (SSSR count). The molecule has 0 spiro atoms. The molecule has 2 heterocycles. The number of nitrogens with zero attached hydrogens (tertiary/aromatic N) is 1. The van der Waals surface area contributed by atoms with E-state index in [1.807, 2.05) is 23.1 Å². The van der Waals surface area contributed by atoms with Gasteiger partial charge in [0.15, 0.2) is 0 Å². The van der Waals surface area contributed by atoms with Crippen LogP contribution < -0.4 is 0 Å². The molecule has 0 unspecified atom stereocenters. The number of aliphatic carboxylic acids is 1. The van der Waals surface area contributed by atoms with Crippen LogP contribution in [0.4, 0.5) is 4.39 Å². The zero-order valence-corrected chi connectivity index (χ0v) is 12.4. The smallest absolute Gasteiger partial charge is 0.320 e. The first-order valence-corrected chi connectivity index (χ1v) is 7.37. The number of carboxylic acids is 1. The SMILES string of the molecule is Cc1c(F)cccc1-c1ccc(CN2CCC[C@@H]2C(=O)O)o1. The van der Waals surface area contributed by atoms with Crippen LogP contribution in [0.2, 0.25) is 0 Å². The number of likely N-dealkylation sites (tertiary alicyclic amines) is 1. The number of carboxylic acid groups (broad SMARTS) is 1. The Bertz CT molecular complexity index is 695. The Labute approximate surface area is 128 Å². The lowest BCUT2D eigenvalue weighted by Crippen LogP contribution is -2.35. The van der Waals surface area contributed by atoms with E-state index in [2.05, 4.69) is 0 Å². The number of carbonyl (C=O) groups is 1. The van der Waals surface area contributed by atoms with Crippen molar-refractivity contribution in [1.29, 1.82) is 0 Å². The molecule has 1 fully saturated rings. The van der Waals surface area contributed by atoms with Crippen LogP contribution in [0.15, 0.2) is 34.7 Å². The van der Waals surface area contributed by atoms with Gasteiger partial charge in [0.25, 0.3) is 0 Å². The molecule has 2 aromatic rings. The Morgan fingerprint density at radius 1 is 1.41 bits per heavy atom. The van der Waals surface area contributed by atoms with Crippen molar-refractivity contribution in [2.24, 2.45) is 0 Å². The summed E-state index contributed by atoms with van der Waals surface area (Å²) in [5.74, 6) is 0.260. The number of halogens is 1. The van der Waals surface area contributed by atoms with Gasteiger partial charge in [-0.25, -0.2) is 4.39 Å². The maximum absolute atomic E-state index is 13.6. The summed E-state index contributed by atoms with van der Waals surface area (Å²) in [5, 5.41) is 9.20. The largest absolute Gasteiger partial charge is 0.480 e. The predicted molar refractivity (Wildman–Crippen MR) is 79.9 cm³/mol. The molecule has 0 amide bonds. The molecule has 1 aliphatic heterocycles. The first kappa shape index (κ1) is 14.8. The van der Waals surface area contributed by atoms with E-state index in [0.29, 0.717) is 30.0 Å². The fourth-order valence-corrected chi connectivity index (χ4v) is 2.98. The highest BCUT2D eigenvalue weighted by Crippen LogP contribution is 2.28. The number of hydrogen-bond donors (Lipinski definition) is 1. The molecular formula is C17H18FNO3. The number of rotatable bonds is 4. The van der Waals surface area contributed by atoms with E-state index >= 15 is 0 Å². The maximum Gasteiger partial charge on any atom is 0.320 e. The molecule has 1 aromatic heterocycles. The summed E-state index contributed by atoms with van der Waals surface area (Å²) in [6, 6.07) is 8.09. The molecule has 1 aromatic carbocycles. The molecule has 0 saturated carbocycles. The lowest BCUT2D eigenvalue weighted by molar-refractivity contribution is -0.142. The Morgan fingerprint density at radius 2 is 2.23 bits per heavy atom. The second kappa shape index (κ2) is 5.93. The van der Waals surface area contributed by atoms with Gasteiger partial charge in [0.05, 0.1) is 6.54 Å². The number of hydrogen-bond acceptors (Lipinski definition) is 3. The average molecular weight is 303 g/mol. The minimum absolute atomic E-state index is 0.263. The molecular weight excluding hydrogens is 285 g/mol. The summed E-state index contributed by atoms with van der Waals surface area (Å²) < 4.78 is 19.4. The fourth-order valence-electron chi connectivity index (χ4n) is 2.98. The van der Waals surface area contributed by atoms with E-state index in [4.69, 9.17) is 4.42 Å². The summed E-state index contributed by atoms with van der Waals surface area (Å²) >= 11 is 0. The third-order valence-electron chi connectivity index (χ3n) is 4.20. The van der Waals surface area contributed by atoms with Crippen LogP contribution in [0, 0.1) is 12.7 Å². The van der Waals surface area contributed by atoms with Crippen molar-refractivity contribution in [2.75, 3.05) is 6.54 Å². The fraction of sp³-hybridized carbons (Fsp3) is 0.353. The molecule has 4 nitrogen and oxygen atoms in total. The van der Waals surface area contributed by atoms with Gasteiger partial charge in [-0.3, -0.25) is 9.69 Å². The summed E-state index contributed by atoms with van der Waals surface area (Å²) in [6.07, 6.45) is 1.56. The standard InChI is InChI=1S/C17H18FNO3/c1-11-13(4-2-5-14(11)18)16-8-7-12(22-16)10-19-9-3-6-15(19)17(20)21/h2,4-5,7-8,15H,3,6,9-10H2,1H3,(H,20,21)/t15-/m1/s1. The molecule has 0 aliphatic carbocycles. The van der Waals surface area contributed by atoms with Gasteiger partial charge in [0.1, 0.15) is 23.4 Å². The van der Waals surface area contributed by atoms with Gasteiger partial charge in [0, 0.05) is 5.56 Å². The normalized spacial score (nSPS) is 18.7. The maximum atomic E-state index is 13.6. The lowest BCUT2D eigenvalue weighted by Gasteiger charge is -2.19. The second-order valence-corrected chi connectivity index (χ2v) is 5.65. The van der Waals surface area contributed by atoms with Crippen LogP contribution in [0.25, 0.3) is 11.3 Å². The third-order valence-corrected chi connectivity index (χ3v) is 4.20. The quantitative estimate of drug-likeness (QED) is 0.940. The molecule has 0 bridgehead atoms. The van der Waals surface area contributed by atoms with E-state index in [0.717, 1.165) is 18.5 Å². The lowest BCUT2D eigenvalue weighted by atomic mass is 10.1. The van der Waals surface area contributed by atoms with Crippen molar-refractivity contribution in [3.05, 3.63) is 47.5 Å². The Morgan fingerprint density at radius 3 is 3.00 bits per heavy atom. The highest BCUT2D eigenvalue weighted by molar-refractivity contribution is 5.73. The zero-order chi connectivity index (χ0) is 15.7. The molecule has 116 valence electrons. The third kappa shape index (κ3) is 2.76. The van der Waals surface area contributed by atoms with Gasteiger partial charge < -0.3 is 9.52 Å². The average Bonchev–Trinajstić information content (AvgIpc) is 3.12. The van der Waals surface area contributed by atoms with E-state index in [1.165, 1.54) is 6.07 Å². The van der Waals surface area contributed by atoms with Crippen molar-refractivity contribution in [3.63, 3.8) is 0 Å². The Hall–Kier alpha value is -2.14.